The van der Waals surface area contributed by atoms with Crippen LogP contribution in [0.2, 0.25) is 5.02 Å². The second-order valence-corrected chi connectivity index (χ2v) is 7.96. The van der Waals surface area contributed by atoms with Crippen molar-refractivity contribution in [2.75, 3.05) is 39.2 Å². The second kappa shape index (κ2) is 9.02. The highest BCUT2D eigenvalue weighted by atomic mass is 35.5. The zero-order valence-electron chi connectivity index (χ0n) is 17.0. The maximum absolute atomic E-state index is 13.4. The van der Waals surface area contributed by atoms with Crippen LogP contribution in [0.3, 0.4) is 0 Å². The normalized spacial score (nSPS) is 15.3. The van der Waals surface area contributed by atoms with Gasteiger partial charge >= 0.3 is 0 Å². The van der Waals surface area contributed by atoms with Crippen molar-refractivity contribution < 1.29 is 13.9 Å². The Morgan fingerprint density at radius 1 is 1.17 bits per heavy atom. The Morgan fingerprint density at radius 2 is 1.97 bits per heavy atom. The molecule has 0 spiro atoms. The lowest BCUT2D eigenvalue weighted by atomic mass is 9.98. The first kappa shape index (κ1) is 20.6. The fraction of sp³-hybridized carbons (Fsp3) is 0.364. The molecule has 1 aliphatic heterocycles. The van der Waals surface area contributed by atoms with E-state index in [4.69, 9.17) is 21.1 Å². The molecule has 30 heavy (non-hydrogen) atoms. The lowest BCUT2D eigenvalue weighted by Gasteiger charge is -2.28. The summed E-state index contributed by atoms with van der Waals surface area (Å²) < 4.78 is 25.1. The van der Waals surface area contributed by atoms with Crippen molar-refractivity contribution >= 4 is 34.0 Å². The fourth-order valence-corrected chi connectivity index (χ4v) is 3.76. The van der Waals surface area contributed by atoms with Crippen molar-refractivity contribution in [3.05, 3.63) is 47.5 Å². The van der Waals surface area contributed by atoms with Gasteiger partial charge in [0.2, 0.25) is 0 Å². The first-order chi connectivity index (χ1) is 14.5. The number of hydrogen-bond acceptors (Lipinski definition) is 6. The minimum absolute atomic E-state index is 0.0422. The van der Waals surface area contributed by atoms with Gasteiger partial charge in [0.25, 0.3) is 0 Å². The minimum atomic E-state index is -0.470. The Morgan fingerprint density at radius 3 is 2.70 bits per heavy atom. The van der Waals surface area contributed by atoms with Crippen molar-refractivity contribution in [2.45, 2.75) is 12.8 Å². The summed E-state index contributed by atoms with van der Waals surface area (Å²) in [5.41, 5.74) is 1.35. The third kappa shape index (κ3) is 4.57. The van der Waals surface area contributed by atoms with Gasteiger partial charge in [-0.2, -0.15) is 0 Å². The number of piperidine rings is 1. The Kier molecular flexibility index (Phi) is 6.20. The molecule has 1 fully saturated rings. The van der Waals surface area contributed by atoms with E-state index in [-0.39, 0.29) is 5.02 Å². The highest BCUT2D eigenvalue weighted by Gasteiger charge is 2.19. The lowest BCUT2D eigenvalue weighted by molar-refractivity contribution is 0.157. The molecule has 1 aliphatic rings. The molecular weight excluding hydrogens is 407 g/mol. The average Bonchev–Trinajstić information content (AvgIpc) is 2.75. The van der Waals surface area contributed by atoms with E-state index in [1.165, 1.54) is 18.5 Å². The maximum Gasteiger partial charge on any atom is 0.163 e. The molecular formula is C22H24ClFN4O2. The van der Waals surface area contributed by atoms with Crippen molar-refractivity contribution in [1.82, 2.24) is 14.9 Å². The van der Waals surface area contributed by atoms with Gasteiger partial charge < -0.3 is 19.7 Å². The predicted octanol–water partition coefficient (Wildman–Crippen LogP) is 4.90. The number of aromatic nitrogens is 2. The molecule has 0 amide bonds. The number of benzene rings is 2. The molecule has 1 N–H and O–H groups in total. The van der Waals surface area contributed by atoms with Crippen molar-refractivity contribution in [1.29, 1.82) is 0 Å². The highest BCUT2D eigenvalue weighted by Crippen LogP contribution is 2.35. The molecule has 4 rings (SSSR count). The van der Waals surface area contributed by atoms with E-state index >= 15 is 0 Å². The summed E-state index contributed by atoms with van der Waals surface area (Å²) in [6.45, 7) is 2.84. The SMILES string of the molecule is COc1cc2c(Nc3ccc(F)c(Cl)c3)ncnc2cc1OCC1CCN(C)CC1. The standard InChI is InChI=1S/C22H24ClFN4O2/c1-28-7-5-14(6-8-28)12-30-21-11-19-16(10-20(21)29-2)22(26-13-25-19)27-15-3-4-18(24)17(23)9-15/h3-4,9-11,13-14H,5-8,12H2,1-2H3,(H,25,26,27). The van der Waals surface area contributed by atoms with Crippen LogP contribution in [0.1, 0.15) is 12.8 Å². The largest absolute Gasteiger partial charge is 0.493 e. The molecule has 2 heterocycles. The second-order valence-electron chi connectivity index (χ2n) is 7.55. The van der Waals surface area contributed by atoms with Gasteiger partial charge in [-0.25, -0.2) is 14.4 Å². The summed E-state index contributed by atoms with van der Waals surface area (Å²) in [5.74, 6) is 1.92. The Labute approximate surface area is 180 Å². The molecule has 158 valence electrons. The molecule has 2 aromatic carbocycles. The Bertz CT molecular complexity index is 1040. The minimum Gasteiger partial charge on any atom is -0.493 e. The number of halogens is 2. The number of nitrogens with zero attached hydrogens (tertiary/aromatic N) is 3. The van der Waals surface area contributed by atoms with Gasteiger partial charge in [0.15, 0.2) is 11.5 Å². The molecule has 0 unspecified atom stereocenters. The van der Waals surface area contributed by atoms with E-state index in [0.29, 0.717) is 35.5 Å². The van der Waals surface area contributed by atoms with Gasteiger partial charge in [0.1, 0.15) is 18.0 Å². The molecule has 0 bridgehead atoms. The maximum atomic E-state index is 13.4. The third-order valence-corrected chi connectivity index (χ3v) is 5.71. The van der Waals surface area contributed by atoms with E-state index in [1.807, 2.05) is 12.1 Å². The monoisotopic (exact) mass is 430 g/mol. The molecule has 8 heteroatoms. The Balaban J connectivity index is 1.57. The highest BCUT2D eigenvalue weighted by molar-refractivity contribution is 6.31. The van der Waals surface area contributed by atoms with Crippen LogP contribution in [-0.2, 0) is 0 Å². The number of anilines is 2. The van der Waals surface area contributed by atoms with E-state index in [1.54, 1.807) is 13.2 Å². The van der Waals surface area contributed by atoms with Gasteiger partial charge in [-0.15, -0.1) is 0 Å². The Hall–Kier alpha value is -2.64. The van der Waals surface area contributed by atoms with Crippen LogP contribution in [0.5, 0.6) is 11.5 Å². The molecule has 1 saturated heterocycles. The van der Waals surface area contributed by atoms with Crippen LogP contribution in [0.25, 0.3) is 10.9 Å². The van der Waals surface area contributed by atoms with Crippen LogP contribution in [0, 0.1) is 11.7 Å². The van der Waals surface area contributed by atoms with Crippen LogP contribution < -0.4 is 14.8 Å². The van der Waals surface area contributed by atoms with E-state index in [2.05, 4.69) is 27.2 Å². The molecule has 0 saturated carbocycles. The predicted molar refractivity (Wildman–Crippen MR) is 116 cm³/mol. The molecule has 1 aromatic heterocycles. The number of ether oxygens (including phenoxy) is 2. The van der Waals surface area contributed by atoms with Gasteiger partial charge in [-0.3, -0.25) is 0 Å². The first-order valence-electron chi connectivity index (χ1n) is 9.89. The average molecular weight is 431 g/mol. The summed E-state index contributed by atoms with van der Waals surface area (Å²) in [6, 6.07) is 8.15. The number of likely N-dealkylation sites (tertiary alicyclic amines) is 1. The van der Waals surface area contributed by atoms with E-state index in [9.17, 15) is 4.39 Å². The number of fused-ring (bicyclic) bond motifs is 1. The van der Waals surface area contributed by atoms with Crippen molar-refractivity contribution in [3.63, 3.8) is 0 Å². The molecule has 3 aromatic rings. The summed E-state index contributed by atoms with van der Waals surface area (Å²) >= 11 is 5.89. The molecule has 0 atom stereocenters. The fourth-order valence-electron chi connectivity index (χ4n) is 3.58. The summed E-state index contributed by atoms with van der Waals surface area (Å²) in [6.07, 6.45) is 3.73. The number of hydrogen-bond donors (Lipinski definition) is 1. The third-order valence-electron chi connectivity index (χ3n) is 5.42. The van der Waals surface area contributed by atoms with Crippen molar-refractivity contribution in [3.8, 4) is 11.5 Å². The lowest BCUT2D eigenvalue weighted by Crippen LogP contribution is -2.32. The summed E-state index contributed by atoms with van der Waals surface area (Å²) in [5, 5.41) is 3.98. The van der Waals surface area contributed by atoms with Crippen molar-refractivity contribution in [2.24, 2.45) is 5.92 Å². The molecule has 0 radical (unpaired) electrons. The topological polar surface area (TPSA) is 59.5 Å². The van der Waals surface area contributed by atoms with Crippen LogP contribution in [0.4, 0.5) is 15.9 Å². The molecule has 6 nitrogen and oxygen atoms in total. The quantitative estimate of drug-likeness (QED) is 0.600. The van der Waals surface area contributed by atoms with Crippen LogP contribution >= 0.6 is 11.6 Å². The summed E-state index contributed by atoms with van der Waals surface area (Å²) in [4.78, 5) is 11.0. The van der Waals surface area contributed by atoms with Gasteiger partial charge in [0.05, 0.1) is 24.3 Å². The zero-order valence-corrected chi connectivity index (χ0v) is 17.7. The zero-order chi connectivity index (χ0) is 21.1. The van der Waals surface area contributed by atoms with Crippen LogP contribution in [-0.4, -0.2) is 48.7 Å². The van der Waals surface area contributed by atoms with E-state index < -0.39 is 5.82 Å². The molecule has 0 aliphatic carbocycles. The number of nitrogens with one attached hydrogen (secondary N) is 1. The number of methoxy groups -OCH3 is 1. The number of rotatable bonds is 6. The van der Waals surface area contributed by atoms with E-state index in [0.717, 1.165) is 36.8 Å². The summed E-state index contributed by atoms with van der Waals surface area (Å²) in [7, 11) is 3.76. The van der Waals surface area contributed by atoms with Gasteiger partial charge in [-0.1, -0.05) is 11.6 Å². The van der Waals surface area contributed by atoms with Gasteiger partial charge in [-0.05, 0) is 63.2 Å². The first-order valence-corrected chi connectivity index (χ1v) is 10.3. The van der Waals surface area contributed by atoms with Crippen LogP contribution in [0.15, 0.2) is 36.7 Å². The smallest absolute Gasteiger partial charge is 0.163 e. The van der Waals surface area contributed by atoms with Gasteiger partial charge in [0, 0.05) is 17.1 Å².